The lowest BCUT2D eigenvalue weighted by Gasteiger charge is -2.12. The predicted molar refractivity (Wildman–Crippen MR) is 72.8 cm³/mol. The Morgan fingerprint density at radius 1 is 1.32 bits per heavy atom. The van der Waals surface area contributed by atoms with Gasteiger partial charge in [0.1, 0.15) is 11.6 Å². The number of aromatic nitrogens is 4. The molecule has 104 valence electrons. The van der Waals surface area contributed by atoms with Crippen molar-refractivity contribution < 1.29 is 8.42 Å². The van der Waals surface area contributed by atoms with Gasteiger partial charge in [0.2, 0.25) is 9.84 Å². The van der Waals surface area contributed by atoms with Crippen molar-refractivity contribution in [2.24, 2.45) is 0 Å². The highest BCUT2D eigenvalue weighted by atomic mass is 32.2. The summed E-state index contributed by atoms with van der Waals surface area (Å²) in [5.41, 5.74) is 0.266. The Labute approximate surface area is 116 Å². The molecule has 2 aromatic heterocycles. The molecule has 0 aliphatic heterocycles. The zero-order valence-electron chi connectivity index (χ0n) is 11.3. The highest BCUT2D eigenvalue weighted by Gasteiger charge is 2.26. The number of nitrogens with zero attached hydrogens (tertiary/aromatic N) is 3. The highest BCUT2D eigenvalue weighted by Crippen LogP contribution is 2.20. The smallest absolute Gasteiger partial charge is 0.262 e. The largest absolute Gasteiger partial charge is 0.267 e. The Kier molecular flexibility index (Phi) is 3.48. The lowest BCUT2D eigenvalue weighted by atomic mass is 9.96. The van der Waals surface area contributed by atoms with Crippen LogP contribution in [0.2, 0.25) is 0 Å². The van der Waals surface area contributed by atoms with Crippen LogP contribution >= 0.6 is 11.3 Å². The van der Waals surface area contributed by atoms with E-state index in [-0.39, 0.29) is 16.3 Å². The third-order valence-corrected chi connectivity index (χ3v) is 4.69. The molecule has 0 amide bonds. The van der Waals surface area contributed by atoms with E-state index in [1.54, 1.807) is 5.38 Å². The molecule has 0 saturated carbocycles. The molecule has 19 heavy (non-hydrogen) atoms. The molecule has 0 bridgehead atoms. The summed E-state index contributed by atoms with van der Waals surface area (Å²) in [5.74, 6) is 0.388. The lowest BCUT2D eigenvalue weighted by Crippen LogP contribution is -2.14. The molecule has 0 aromatic carbocycles. The minimum Gasteiger partial charge on any atom is -0.262 e. The fourth-order valence-corrected chi connectivity index (χ4v) is 3.25. The van der Waals surface area contributed by atoms with Crippen LogP contribution in [0.25, 0.3) is 0 Å². The Balaban J connectivity index is 2.27. The van der Waals surface area contributed by atoms with Gasteiger partial charge in [0.05, 0.1) is 10.7 Å². The number of nitrogens with one attached hydrogen (secondary N) is 1. The van der Waals surface area contributed by atoms with Crippen molar-refractivity contribution in [2.75, 3.05) is 0 Å². The monoisotopic (exact) mass is 300 g/mol. The van der Waals surface area contributed by atoms with E-state index >= 15 is 0 Å². The molecule has 0 aliphatic carbocycles. The van der Waals surface area contributed by atoms with Crippen LogP contribution in [-0.2, 0) is 21.0 Å². The van der Waals surface area contributed by atoms with Crippen molar-refractivity contribution in [3.05, 3.63) is 21.9 Å². The molecular formula is C11H16N4O2S2. The first-order valence-electron chi connectivity index (χ1n) is 5.75. The van der Waals surface area contributed by atoms with Crippen molar-refractivity contribution in [1.29, 1.82) is 0 Å². The van der Waals surface area contributed by atoms with Gasteiger partial charge in [0.15, 0.2) is 0 Å². The maximum Gasteiger partial charge on any atom is 0.267 e. The Morgan fingerprint density at radius 3 is 2.47 bits per heavy atom. The molecule has 8 heteroatoms. The maximum absolute atomic E-state index is 12.2. The topological polar surface area (TPSA) is 88.6 Å². The number of sulfone groups is 1. The molecule has 0 atom stereocenters. The van der Waals surface area contributed by atoms with E-state index in [0.717, 1.165) is 5.01 Å². The van der Waals surface area contributed by atoms with Crippen molar-refractivity contribution >= 4 is 21.2 Å². The summed E-state index contributed by atoms with van der Waals surface area (Å²) in [5, 5.41) is 8.91. The number of H-pyrrole nitrogens is 1. The third kappa shape index (κ3) is 3.19. The van der Waals surface area contributed by atoms with Gasteiger partial charge in [0, 0.05) is 10.8 Å². The van der Waals surface area contributed by atoms with E-state index in [1.807, 2.05) is 27.7 Å². The molecule has 2 aromatic rings. The van der Waals surface area contributed by atoms with Gasteiger partial charge in [-0.25, -0.2) is 18.4 Å². The quantitative estimate of drug-likeness (QED) is 0.934. The van der Waals surface area contributed by atoms with Crippen LogP contribution in [-0.4, -0.2) is 28.6 Å². The van der Waals surface area contributed by atoms with Crippen LogP contribution in [0.15, 0.2) is 10.5 Å². The van der Waals surface area contributed by atoms with Gasteiger partial charge in [-0.05, 0) is 6.92 Å². The number of rotatable bonds is 3. The molecule has 0 aliphatic rings. The van der Waals surface area contributed by atoms with Crippen molar-refractivity contribution in [1.82, 2.24) is 20.2 Å². The molecule has 2 heterocycles. The summed E-state index contributed by atoms with van der Waals surface area (Å²) in [6, 6.07) is 0. The number of thiazole rings is 1. The molecule has 0 fully saturated rings. The van der Waals surface area contributed by atoms with Gasteiger partial charge in [-0.2, -0.15) is 0 Å². The highest BCUT2D eigenvalue weighted by molar-refractivity contribution is 7.90. The second-order valence-corrected chi connectivity index (χ2v) is 8.28. The average molecular weight is 300 g/mol. The van der Waals surface area contributed by atoms with Crippen molar-refractivity contribution in [2.45, 2.75) is 44.0 Å². The number of aromatic amines is 1. The van der Waals surface area contributed by atoms with E-state index in [2.05, 4.69) is 20.2 Å². The first-order chi connectivity index (χ1) is 8.68. The van der Waals surface area contributed by atoms with Crippen LogP contribution in [0.5, 0.6) is 0 Å². The van der Waals surface area contributed by atoms with Crippen LogP contribution in [0.1, 0.15) is 37.3 Å². The molecule has 0 saturated heterocycles. The summed E-state index contributed by atoms with van der Waals surface area (Å²) in [6.07, 6.45) is 0. The molecule has 1 N–H and O–H groups in total. The molecule has 0 radical (unpaired) electrons. The standard InChI is InChI=1S/C11H16N4O2S2/c1-7-12-8(5-18-7)6-19(16,17)10-13-9(14-15-10)11(2,3)4/h5H,6H2,1-4H3,(H,13,14,15). The SMILES string of the molecule is Cc1nc(CS(=O)(=O)c2n[nH]c(C(C)(C)C)n2)cs1. The second kappa shape index (κ2) is 4.68. The van der Waals surface area contributed by atoms with Crippen molar-refractivity contribution in [3.63, 3.8) is 0 Å². The lowest BCUT2D eigenvalue weighted by molar-refractivity contribution is 0.546. The zero-order chi connectivity index (χ0) is 14.3. The Bertz CT molecular complexity index is 680. The summed E-state index contributed by atoms with van der Waals surface area (Å²) in [7, 11) is -3.55. The Hall–Kier alpha value is -1.28. The van der Waals surface area contributed by atoms with E-state index in [0.29, 0.717) is 11.5 Å². The minimum absolute atomic E-state index is 0.164. The molecule has 0 spiro atoms. The van der Waals surface area contributed by atoms with E-state index in [1.165, 1.54) is 11.3 Å². The fraction of sp³-hybridized carbons (Fsp3) is 0.545. The fourth-order valence-electron chi connectivity index (χ4n) is 1.45. The summed E-state index contributed by atoms with van der Waals surface area (Å²) in [6.45, 7) is 7.65. The predicted octanol–water partition coefficient (Wildman–Crippen LogP) is 1.84. The summed E-state index contributed by atoms with van der Waals surface area (Å²) < 4.78 is 24.3. The second-order valence-electron chi connectivity index (χ2n) is 5.33. The number of hydrogen-bond acceptors (Lipinski definition) is 6. The van der Waals surface area contributed by atoms with Gasteiger partial charge in [-0.15, -0.1) is 16.4 Å². The van der Waals surface area contributed by atoms with Gasteiger partial charge in [-0.1, -0.05) is 20.8 Å². The van der Waals surface area contributed by atoms with Crippen LogP contribution in [0.3, 0.4) is 0 Å². The number of aryl methyl sites for hydroxylation is 1. The van der Waals surface area contributed by atoms with Gasteiger partial charge < -0.3 is 0 Å². The first-order valence-corrected chi connectivity index (χ1v) is 8.28. The van der Waals surface area contributed by atoms with Crippen LogP contribution in [0, 0.1) is 6.92 Å². The zero-order valence-corrected chi connectivity index (χ0v) is 12.9. The van der Waals surface area contributed by atoms with Crippen LogP contribution in [0.4, 0.5) is 0 Å². The average Bonchev–Trinajstić information content (AvgIpc) is 2.85. The molecule has 0 unspecified atom stereocenters. The number of hydrogen-bond donors (Lipinski definition) is 1. The molecule has 6 nitrogen and oxygen atoms in total. The van der Waals surface area contributed by atoms with Gasteiger partial charge >= 0.3 is 0 Å². The normalized spacial score (nSPS) is 12.8. The van der Waals surface area contributed by atoms with Crippen LogP contribution < -0.4 is 0 Å². The minimum atomic E-state index is -3.55. The molecular weight excluding hydrogens is 284 g/mol. The van der Waals surface area contributed by atoms with Gasteiger partial charge in [-0.3, -0.25) is 5.10 Å². The third-order valence-electron chi connectivity index (χ3n) is 2.46. The maximum atomic E-state index is 12.2. The van der Waals surface area contributed by atoms with E-state index in [4.69, 9.17) is 0 Å². The van der Waals surface area contributed by atoms with Gasteiger partial charge in [0.25, 0.3) is 5.16 Å². The van der Waals surface area contributed by atoms with E-state index in [9.17, 15) is 8.42 Å². The summed E-state index contributed by atoms with van der Waals surface area (Å²) in [4.78, 5) is 8.23. The van der Waals surface area contributed by atoms with Crippen molar-refractivity contribution in [3.8, 4) is 0 Å². The molecule has 2 rings (SSSR count). The first kappa shape index (κ1) is 14.1. The van der Waals surface area contributed by atoms with E-state index < -0.39 is 9.84 Å². The Morgan fingerprint density at radius 2 is 2.00 bits per heavy atom. The summed E-state index contributed by atoms with van der Waals surface area (Å²) >= 11 is 1.43.